The van der Waals surface area contributed by atoms with E-state index in [1.54, 1.807) is 6.07 Å². The lowest BCUT2D eigenvalue weighted by Crippen LogP contribution is -2.32. The lowest BCUT2D eigenvalue weighted by Gasteiger charge is -2.19. The molecule has 0 radical (unpaired) electrons. The standard InChI is InChI=1S/C10H8F3NO/c1-15-8-5-3-2-4-7(8)9(6-14-9)10(11,12)13/h2-6H,1H3. The topological polar surface area (TPSA) is 21.6 Å². The van der Waals surface area contributed by atoms with Crippen molar-refractivity contribution in [3.8, 4) is 5.75 Å². The molecule has 1 unspecified atom stereocenters. The molecule has 1 aliphatic rings. The second kappa shape index (κ2) is 2.98. The molecule has 1 atom stereocenters. The Kier molecular flexibility index (Phi) is 1.99. The number of benzene rings is 1. The van der Waals surface area contributed by atoms with E-state index in [4.69, 9.17) is 4.74 Å². The van der Waals surface area contributed by atoms with Crippen LogP contribution in [0.3, 0.4) is 0 Å². The molecule has 0 spiro atoms. The summed E-state index contributed by atoms with van der Waals surface area (Å²) in [5.41, 5.74) is -2.11. The fraction of sp³-hybridized carbons (Fsp3) is 0.300. The van der Waals surface area contributed by atoms with Crippen LogP contribution in [-0.2, 0) is 5.54 Å². The first kappa shape index (κ1) is 10.0. The molecule has 0 aromatic heterocycles. The number of halogens is 3. The zero-order valence-electron chi connectivity index (χ0n) is 7.88. The summed E-state index contributed by atoms with van der Waals surface area (Å²) in [4.78, 5) is 3.35. The lowest BCUT2D eigenvalue weighted by molar-refractivity contribution is -0.156. The molecule has 1 heterocycles. The number of aliphatic imine (C=N–C) groups is 1. The van der Waals surface area contributed by atoms with E-state index < -0.39 is 11.7 Å². The van der Waals surface area contributed by atoms with Gasteiger partial charge in [-0.3, -0.25) is 4.99 Å². The summed E-state index contributed by atoms with van der Waals surface area (Å²) in [6.45, 7) is 0. The first-order valence-corrected chi connectivity index (χ1v) is 4.28. The zero-order chi connectivity index (χ0) is 11.1. The quantitative estimate of drug-likeness (QED) is 0.742. The molecule has 0 amide bonds. The predicted molar refractivity (Wildman–Crippen MR) is 49.2 cm³/mol. The predicted octanol–water partition coefficient (Wildman–Crippen LogP) is 2.54. The monoisotopic (exact) mass is 215 g/mol. The van der Waals surface area contributed by atoms with E-state index in [9.17, 15) is 13.2 Å². The maximum absolute atomic E-state index is 12.7. The minimum absolute atomic E-state index is 0.0417. The highest BCUT2D eigenvalue weighted by Gasteiger charge is 2.62. The van der Waals surface area contributed by atoms with Crippen LogP contribution in [0.25, 0.3) is 0 Å². The molecule has 80 valence electrons. The van der Waals surface area contributed by atoms with Crippen LogP contribution in [0.5, 0.6) is 5.75 Å². The molecule has 0 bridgehead atoms. The molecule has 2 rings (SSSR count). The molecule has 0 fully saturated rings. The Morgan fingerprint density at radius 3 is 2.33 bits per heavy atom. The van der Waals surface area contributed by atoms with E-state index in [0.29, 0.717) is 0 Å². The minimum Gasteiger partial charge on any atom is -0.496 e. The van der Waals surface area contributed by atoms with Gasteiger partial charge in [0, 0.05) is 11.8 Å². The highest BCUT2D eigenvalue weighted by molar-refractivity contribution is 5.88. The summed E-state index contributed by atoms with van der Waals surface area (Å²) in [5.74, 6) is 0.201. The van der Waals surface area contributed by atoms with Crippen LogP contribution in [0, 0.1) is 0 Å². The van der Waals surface area contributed by atoms with Gasteiger partial charge in [-0.2, -0.15) is 13.2 Å². The van der Waals surface area contributed by atoms with Crippen molar-refractivity contribution in [1.29, 1.82) is 0 Å². The molecule has 0 saturated heterocycles. The molecule has 0 saturated carbocycles. The summed E-state index contributed by atoms with van der Waals surface area (Å²) in [7, 11) is 1.34. The van der Waals surface area contributed by atoms with Gasteiger partial charge in [-0.15, -0.1) is 0 Å². The molecular formula is C10H8F3NO. The maximum Gasteiger partial charge on any atom is 0.423 e. The zero-order valence-corrected chi connectivity index (χ0v) is 7.88. The number of hydrogen-bond acceptors (Lipinski definition) is 2. The number of rotatable bonds is 2. The van der Waals surface area contributed by atoms with Crippen molar-refractivity contribution in [2.24, 2.45) is 4.99 Å². The normalized spacial score (nSPS) is 24.0. The lowest BCUT2D eigenvalue weighted by atomic mass is 9.96. The Bertz CT molecular complexity index is 405. The summed E-state index contributed by atoms with van der Waals surface area (Å²) < 4.78 is 43.0. The Balaban J connectivity index is 2.46. The van der Waals surface area contributed by atoms with E-state index >= 15 is 0 Å². The number of ether oxygens (including phenoxy) is 1. The Hall–Kier alpha value is -1.52. The van der Waals surface area contributed by atoms with E-state index in [1.807, 2.05) is 0 Å². The summed E-state index contributed by atoms with van der Waals surface area (Å²) in [6, 6.07) is 6.02. The van der Waals surface area contributed by atoms with E-state index in [2.05, 4.69) is 4.99 Å². The summed E-state index contributed by atoms with van der Waals surface area (Å²) in [5, 5.41) is 0. The summed E-state index contributed by atoms with van der Waals surface area (Å²) in [6.07, 6.45) is -3.51. The van der Waals surface area contributed by atoms with Crippen LogP contribution in [0.4, 0.5) is 13.2 Å². The molecular weight excluding hydrogens is 207 g/mol. The fourth-order valence-corrected chi connectivity index (χ4v) is 1.46. The van der Waals surface area contributed by atoms with Crippen LogP contribution >= 0.6 is 0 Å². The van der Waals surface area contributed by atoms with Crippen LogP contribution in [-0.4, -0.2) is 19.5 Å². The van der Waals surface area contributed by atoms with Crippen molar-refractivity contribution < 1.29 is 17.9 Å². The summed E-state index contributed by atoms with van der Waals surface area (Å²) >= 11 is 0. The van der Waals surface area contributed by atoms with Gasteiger partial charge in [0.05, 0.1) is 7.11 Å². The molecule has 0 aliphatic carbocycles. The van der Waals surface area contributed by atoms with Gasteiger partial charge in [0.1, 0.15) is 5.75 Å². The molecule has 1 aromatic carbocycles. The van der Waals surface area contributed by atoms with Crippen LogP contribution in [0.15, 0.2) is 29.3 Å². The van der Waals surface area contributed by atoms with E-state index in [1.165, 1.54) is 25.3 Å². The second-order valence-electron chi connectivity index (χ2n) is 3.22. The Labute approximate surface area is 84.4 Å². The third kappa shape index (κ3) is 1.38. The van der Waals surface area contributed by atoms with Gasteiger partial charge >= 0.3 is 6.18 Å². The van der Waals surface area contributed by atoms with Crippen molar-refractivity contribution in [3.63, 3.8) is 0 Å². The highest BCUT2D eigenvalue weighted by atomic mass is 19.4. The van der Waals surface area contributed by atoms with Gasteiger partial charge in [-0.05, 0) is 6.07 Å². The third-order valence-electron chi connectivity index (χ3n) is 2.34. The van der Waals surface area contributed by atoms with Crippen LogP contribution < -0.4 is 4.74 Å². The first-order valence-electron chi connectivity index (χ1n) is 4.28. The van der Waals surface area contributed by atoms with E-state index in [-0.39, 0.29) is 11.3 Å². The van der Waals surface area contributed by atoms with Gasteiger partial charge in [0.2, 0.25) is 5.54 Å². The second-order valence-corrected chi connectivity index (χ2v) is 3.22. The highest BCUT2D eigenvalue weighted by Crippen LogP contribution is 2.50. The van der Waals surface area contributed by atoms with Gasteiger partial charge in [0.15, 0.2) is 0 Å². The molecule has 5 heteroatoms. The average molecular weight is 215 g/mol. The number of nitrogens with zero attached hydrogens (tertiary/aromatic N) is 1. The SMILES string of the molecule is COc1ccccc1C1(C(F)(F)F)C=N1. The number of para-hydroxylation sites is 1. The van der Waals surface area contributed by atoms with Gasteiger partial charge in [0.25, 0.3) is 0 Å². The minimum atomic E-state index is -4.40. The van der Waals surface area contributed by atoms with E-state index in [0.717, 1.165) is 6.21 Å². The van der Waals surface area contributed by atoms with Gasteiger partial charge in [-0.25, -0.2) is 0 Å². The Morgan fingerprint density at radius 2 is 1.87 bits per heavy atom. The average Bonchev–Trinajstić information content (AvgIpc) is 2.97. The first-order chi connectivity index (χ1) is 7.01. The molecule has 2 nitrogen and oxygen atoms in total. The molecule has 1 aromatic rings. The molecule has 15 heavy (non-hydrogen) atoms. The van der Waals surface area contributed by atoms with Gasteiger partial charge in [-0.1, -0.05) is 18.2 Å². The smallest absolute Gasteiger partial charge is 0.423 e. The molecule has 1 aliphatic heterocycles. The third-order valence-corrected chi connectivity index (χ3v) is 2.34. The van der Waals surface area contributed by atoms with Crippen molar-refractivity contribution in [2.75, 3.05) is 7.11 Å². The largest absolute Gasteiger partial charge is 0.496 e. The van der Waals surface area contributed by atoms with Gasteiger partial charge < -0.3 is 4.74 Å². The van der Waals surface area contributed by atoms with Crippen molar-refractivity contribution >= 4 is 6.21 Å². The maximum atomic E-state index is 12.7. The Morgan fingerprint density at radius 1 is 1.27 bits per heavy atom. The van der Waals surface area contributed by atoms with Crippen LogP contribution in [0.1, 0.15) is 5.56 Å². The van der Waals surface area contributed by atoms with Crippen molar-refractivity contribution in [2.45, 2.75) is 11.7 Å². The number of alkyl halides is 3. The van der Waals surface area contributed by atoms with Crippen LogP contribution in [0.2, 0.25) is 0 Å². The molecule has 0 N–H and O–H groups in total. The number of methoxy groups -OCH3 is 1. The number of hydrogen-bond donors (Lipinski definition) is 0. The fourth-order valence-electron chi connectivity index (χ4n) is 1.46. The van der Waals surface area contributed by atoms with Crippen molar-refractivity contribution in [3.05, 3.63) is 29.8 Å². The van der Waals surface area contributed by atoms with Crippen molar-refractivity contribution in [1.82, 2.24) is 0 Å².